The molecule has 3 aliphatic rings. The van der Waals surface area contributed by atoms with Crippen molar-refractivity contribution < 1.29 is 35.8 Å². The van der Waals surface area contributed by atoms with Crippen molar-refractivity contribution in [3.8, 4) is 0 Å². The molecule has 0 aromatic rings. The van der Waals surface area contributed by atoms with Gasteiger partial charge in [0.1, 0.15) is 0 Å². The van der Waals surface area contributed by atoms with Crippen LogP contribution < -0.4 is 14.1 Å². The Labute approximate surface area is 116 Å². The SMILES string of the molecule is C1=CC2[CH-]C3CCCCC3C2C=C1.[F-].[F-].[F-].[Ti+4]. The summed E-state index contributed by atoms with van der Waals surface area (Å²) in [5.74, 6) is 3.56. The molecule has 3 rings (SSSR count). The maximum absolute atomic E-state index is 2.62. The molecule has 0 bridgehead atoms. The van der Waals surface area contributed by atoms with Crippen LogP contribution in [-0.4, -0.2) is 0 Å². The second-order valence-corrected chi connectivity index (χ2v) is 4.73. The molecule has 3 aliphatic carbocycles. The Morgan fingerprint density at radius 1 is 0.882 bits per heavy atom. The van der Waals surface area contributed by atoms with Crippen molar-refractivity contribution in [2.75, 3.05) is 0 Å². The van der Waals surface area contributed by atoms with Crippen molar-refractivity contribution >= 4 is 0 Å². The minimum Gasteiger partial charge on any atom is -1.00 e. The van der Waals surface area contributed by atoms with E-state index in [0.717, 1.165) is 23.7 Å². The Kier molecular flexibility index (Phi) is 9.27. The van der Waals surface area contributed by atoms with Crippen LogP contribution in [0, 0.1) is 30.1 Å². The second kappa shape index (κ2) is 8.15. The zero-order valence-corrected chi connectivity index (χ0v) is 11.2. The summed E-state index contributed by atoms with van der Waals surface area (Å²) in [6.07, 6.45) is 17.8. The third-order valence-corrected chi connectivity index (χ3v) is 4.06. The largest absolute Gasteiger partial charge is 4.00 e. The van der Waals surface area contributed by atoms with E-state index in [1.165, 1.54) is 25.7 Å². The van der Waals surface area contributed by atoms with E-state index in [-0.39, 0.29) is 35.8 Å². The van der Waals surface area contributed by atoms with Gasteiger partial charge in [-0.15, -0.1) is 12.0 Å². The fourth-order valence-corrected chi connectivity index (χ4v) is 3.45. The second-order valence-electron chi connectivity index (χ2n) is 4.73. The Bertz CT molecular complexity index is 265. The van der Waals surface area contributed by atoms with Gasteiger partial charge in [-0.3, -0.25) is 0 Å². The van der Waals surface area contributed by atoms with Gasteiger partial charge in [-0.1, -0.05) is 49.8 Å². The van der Waals surface area contributed by atoms with Gasteiger partial charge in [0.25, 0.3) is 0 Å². The van der Waals surface area contributed by atoms with Crippen LogP contribution in [0.15, 0.2) is 24.3 Å². The summed E-state index contributed by atoms with van der Waals surface area (Å²) in [6.45, 7) is 0. The molecular formula is C13H17F3Ti. The minimum atomic E-state index is 0. The summed E-state index contributed by atoms with van der Waals surface area (Å²) in [5, 5.41) is 0. The van der Waals surface area contributed by atoms with E-state index in [1.54, 1.807) is 0 Å². The van der Waals surface area contributed by atoms with Crippen molar-refractivity contribution in [3.05, 3.63) is 30.7 Å². The van der Waals surface area contributed by atoms with Crippen LogP contribution in [0.5, 0.6) is 0 Å². The van der Waals surface area contributed by atoms with E-state index in [4.69, 9.17) is 0 Å². The minimum absolute atomic E-state index is 0. The van der Waals surface area contributed by atoms with Crippen molar-refractivity contribution in [1.29, 1.82) is 0 Å². The van der Waals surface area contributed by atoms with Gasteiger partial charge < -0.3 is 20.5 Å². The summed E-state index contributed by atoms with van der Waals surface area (Å²) in [7, 11) is 0. The van der Waals surface area contributed by atoms with Crippen LogP contribution in [-0.2, 0) is 21.7 Å². The number of fused-ring (bicyclic) bond motifs is 3. The fourth-order valence-electron chi connectivity index (χ4n) is 3.45. The summed E-state index contributed by atoms with van der Waals surface area (Å²) >= 11 is 0. The molecule has 17 heavy (non-hydrogen) atoms. The molecule has 0 aromatic heterocycles. The number of halogens is 3. The number of rotatable bonds is 0. The number of allylic oxidation sites excluding steroid dienone is 4. The van der Waals surface area contributed by atoms with Crippen LogP contribution in [0.2, 0.25) is 0 Å². The summed E-state index contributed by atoms with van der Waals surface area (Å²) in [4.78, 5) is 0. The first-order valence-corrected chi connectivity index (χ1v) is 5.65. The first-order valence-electron chi connectivity index (χ1n) is 5.65. The van der Waals surface area contributed by atoms with Gasteiger partial charge in [-0.05, 0) is 5.92 Å². The molecule has 0 aliphatic heterocycles. The third-order valence-electron chi connectivity index (χ3n) is 4.06. The zero-order chi connectivity index (χ0) is 8.67. The van der Waals surface area contributed by atoms with Crippen LogP contribution >= 0.6 is 0 Å². The molecule has 94 valence electrons. The monoisotopic (exact) mass is 278 g/mol. The molecule has 0 nitrogen and oxygen atoms in total. The summed E-state index contributed by atoms with van der Waals surface area (Å²) in [6, 6.07) is 0. The molecule has 0 aromatic carbocycles. The van der Waals surface area contributed by atoms with E-state index >= 15 is 0 Å². The van der Waals surface area contributed by atoms with Gasteiger partial charge in [-0.2, -0.15) is 5.92 Å². The molecule has 4 heteroatoms. The van der Waals surface area contributed by atoms with E-state index in [0.29, 0.717) is 0 Å². The van der Waals surface area contributed by atoms with Crippen molar-refractivity contribution in [3.63, 3.8) is 0 Å². The van der Waals surface area contributed by atoms with Crippen LogP contribution in [0.3, 0.4) is 0 Å². The van der Waals surface area contributed by atoms with E-state index < -0.39 is 0 Å². The van der Waals surface area contributed by atoms with Crippen LogP contribution in [0.25, 0.3) is 0 Å². The van der Waals surface area contributed by atoms with Gasteiger partial charge in [0.2, 0.25) is 0 Å². The van der Waals surface area contributed by atoms with E-state index in [1.807, 2.05) is 0 Å². The van der Waals surface area contributed by atoms with E-state index in [9.17, 15) is 0 Å². The maximum Gasteiger partial charge on any atom is 4.00 e. The molecule has 0 amide bonds. The summed E-state index contributed by atoms with van der Waals surface area (Å²) in [5.41, 5.74) is 0. The standard InChI is InChI=1S/C13H17.3FH.Ti/c1-3-7-12-10(5-1)9-11-6-2-4-8-13(11)12;;;;/h1,3,5,7,9-13H,2,4,6,8H2;3*1H;/q-1;;;;+4/p-3. The van der Waals surface area contributed by atoms with Gasteiger partial charge in [0.05, 0.1) is 0 Å². The van der Waals surface area contributed by atoms with Gasteiger partial charge in [0, 0.05) is 0 Å². The van der Waals surface area contributed by atoms with Gasteiger partial charge >= 0.3 is 21.7 Å². The predicted molar refractivity (Wildman–Crippen MR) is 55.0 cm³/mol. The number of hydrogen-bond donors (Lipinski definition) is 0. The van der Waals surface area contributed by atoms with Crippen LogP contribution in [0.4, 0.5) is 0 Å². The molecule has 0 N–H and O–H groups in total. The molecular weight excluding hydrogens is 261 g/mol. The molecule has 2 saturated carbocycles. The Hall–Kier alpha value is -0.0157. The normalized spacial score (nSPS) is 36.2. The molecule has 0 heterocycles. The van der Waals surface area contributed by atoms with Crippen LogP contribution in [0.1, 0.15) is 25.7 Å². The van der Waals surface area contributed by atoms with Crippen molar-refractivity contribution in [2.45, 2.75) is 25.7 Å². The van der Waals surface area contributed by atoms with Gasteiger partial charge in [0.15, 0.2) is 0 Å². The first-order chi connectivity index (χ1) is 6.45. The first kappa shape index (κ1) is 19.3. The zero-order valence-electron chi connectivity index (χ0n) is 9.66. The average Bonchev–Trinajstić information content (AvgIpc) is 2.56. The Balaban J connectivity index is 0. The van der Waals surface area contributed by atoms with Crippen molar-refractivity contribution in [2.24, 2.45) is 23.7 Å². The topological polar surface area (TPSA) is 0 Å². The third kappa shape index (κ3) is 3.48. The quantitative estimate of drug-likeness (QED) is 0.306. The van der Waals surface area contributed by atoms with E-state index in [2.05, 4.69) is 30.7 Å². The van der Waals surface area contributed by atoms with Gasteiger partial charge in [-0.25, -0.2) is 0 Å². The van der Waals surface area contributed by atoms with Crippen molar-refractivity contribution in [1.82, 2.24) is 0 Å². The maximum atomic E-state index is 2.62. The molecule has 0 saturated heterocycles. The molecule has 0 radical (unpaired) electrons. The Morgan fingerprint density at radius 2 is 1.53 bits per heavy atom. The molecule has 4 atom stereocenters. The smallest absolute Gasteiger partial charge is 1.00 e. The molecule has 0 spiro atoms. The summed E-state index contributed by atoms with van der Waals surface area (Å²) < 4.78 is 0. The average molecular weight is 278 g/mol. The Morgan fingerprint density at radius 3 is 2.29 bits per heavy atom. The number of hydrogen-bond acceptors (Lipinski definition) is 0. The molecule has 2 fully saturated rings. The molecule has 4 unspecified atom stereocenters. The fraction of sp³-hybridized carbons (Fsp3) is 0.615. The predicted octanol–water partition coefficient (Wildman–Crippen LogP) is -5.62.